The molecule has 0 spiro atoms. The summed E-state index contributed by atoms with van der Waals surface area (Å²) in [5.74, 6) is 0.625. The second-order valence-corrected chi connectivity index (χ2v) is 6.21. The smallest absolute Gasteiger partial charge is 0.278 e. The van der Waals surface area contributed by atoms with Gasteiger partial charge in [0.15, 0.2) is 0 Å². The molecular weight excluding hydrogens is 326 g/mol. The molecular formula is C21H19N3O2. The van der Waals surface area contributed by atoms with Gasteiger partial charge in [-0.1, -0.05) is 30.3 Å². The lowest BCUT2D eigenvalue weighted by Crippen LogP contribution is -2.36. The van der Waals surface area contributed by atoms with Crippen LogP contribution in [-0.2, 0) is 6.42 Å². The van der Waals surface area contributed by atoms with Crippen LogP contribution in [0.15, 0.2) is 60.9 Å². The fourth-order valence-electron chi connectivity index (χ4n) is 3.27. The van der Waals surface area contributed by atoms with Gasteiger partial charge in [-0.3, -0.25) is 9.78 Å². The molecule has 1 aliphatic rings. The van der Waals surface area contributed by atoms with Crippen LogP contribution in [0.5, 0.6) is 5.75 Å². The highest BCUT2D eigenvalue weighted by molar-refractivity contribution is 6.05. The Hall–Kier alpha value is -3.21. The Labute approximate surface area is 152 Å². The largest absolute Gasteiger partial charge is 0.497 e. The van der Waals surface area contributed by atoms with Crippen molar-refractivity contribution in [3.05, 3.63) is 72.2 Å². The molecule has 1 aliphatic heterocycles. The first-order chi connectivity index (χ1) is 12.8. The average Bonchev–Trinajstić information content (AvgIpc) is 2.73. The molecule has 130 valence electrons. The summed E-state index contributed by atoms with van der Waals surface area (Å²) >= 11 is 0. The number of carbonyl (C=O) groups is 1. The number of hydrogen-bond acceptors (Lipinski definition) is 4. The van der Waals surface area contributed by atoms with E-state index in [9.17, 15) is 4.79 Å². The first kappa shape index (κ1) is 16.3. The van der Waals surface area contributed by atoms with E-state index in [1.165, 1.54) is 11.8 Å². The maximum atomic E-state index is 13.1. The SMILES string of the molecule is COc1cccc(-c2cncc(C(=O)N3CCCc4ccccc43)n2)c1. The van der Waals surface area contributed by atoms with Gasteiger partial charge >= 0.3 is 0 Å². The van der Waals surface area contributed by atoms with Gasteiger partial charge in [0.25, 0.3) is 5.91 Å². The average molecular weight is 345 g/mol. The van der Waals surface area contributed by atoms with Crippen molar-refractivity contribution in [3.8, 4) is 17.0 Å². The molecule has 0 bridgehead atoms. The number of rotatable bonds is 3. The van der Waals surface area contributed by atoms with Gasteiger partial charge in [0, 0.05) is 17.8 Å². The molecule has 3 aromatic rings. The standard InChI is InChI=1S/C21H19N3O2/c1-26-17-9-4-7-16(12-17)18-13-22-14-19(23-18)21(25)24-11-5-8-15-6-2-3-10-20(15)24/h2-4,6-7,9-10,12-14H,5,8,11H2,1H3. The summed E-state index contributed by atoms with van der Waals surface area (Å²) in [4.78, 5) is 23.7. The lowest BCUT2D eigenvalue weighted by atomic mass is 10.0. The summed E-state index contributed by atoms with van der Waals surface area (Å²) in [7, 11) is 1.62. The maximum Gasteiger partial charge on any atom is 0.278 e. The Morgan fingerprint density at radius 1 is 1.12 bits per heavy atom. The van der Waals surface area contributed by atoms with E-state index in [-0.39, 0.29) is 5.91 Å². The van der Waals surface area contributed by atoms with Gasteiger partial charge < -0.3 is 9.64 Å². The van der Waals surface area contributed by atoms with Crippen LogP contribution in [0.25, 0.3) is 11.3 Å². The molecule has 1 aromatic heterocycles. The van der Waals surface area contributed by atoms with Crippen LogP contribution in [0.2, 0.25) is 0 Å². The molecule has 0 saturated carbocycles. The number of fused-ring (bicyclic) bond motifs is 1. The van der Waals surface area contributed by atoms with Gasteiger partial charge in [0.1, 0.15) is 11.4 Å². The number of nitrogens with zero attached hydrogens (tertiary/aromatic N) is 3. The zero-order valence-corrected chi connectivity index (χ0v) is 14.6. The number of aryl methyl sites for hydroxylation is 1. The molecule has 2 aromatic carbocycles. The fourth-order valence-corrected chi connectivity index (χ4v) is 3.27. The lowest BCUT2D eigenvalue weighted by Gasteiger charge is -2.29. The second-order valence-electron chi connectivity index (χ2n) is 6.21. The van der Waals surface area contributed by atoms with Crippen LogP contribution in [0, 0.1) is 0 Å². The van der Waals surface area contributed by atoms with Crippen LogP contribution in [0.4, 0.5) is 5.69 Å². The highest BCUT2D eigenvalue weighted by Crippen LogP contribution is 2.28. The fraction of sp³-hybridized carbons (Fsp3) is 0.190. The third-order valence-corrected chi connectivity index (χ3v) is 4.57. The van der Waals surface area contributed by atoms with E-state index in [1.807, 2.05) is 42.5 Å². The number of para-hydroxylation sites is 1. The lowest BCUT2D eigenvalue weighted by molar-refractivity contribution is 0.0980. The highest BCUT2D eigenvalue weighted by Gasteiger charge is 2.24. The quantitative estimate of drug-likeness (QED) is 0.725. The van der Waals surface area contributed by atoms with Gasteiger partial charge in [-0.2, -0.15) is 0 Å². The molecule has 0 unspecified atom stereocenters. The number of ether oxygens (including phenoxy) is 1. The molecule has 0 N–H and O–H groups in total. The molecule has 0 fully saturated rings. The minimum absolute atomic E-state index is 0.116. The Bertz CT molecular complexity index is 955. The number of benzene rings is 2. The van der Waals surface area contributed by atoms with Crippen molar-refractivity contribution in [1.29, 1.82) is 0 Å². The second kappa shape index (κ2) is 6.96. The van der Waals surface area contributed by atoms with Crippen LogP contribution in [0.1, 0.15) is 22.5 Å². The van der Waals surface area contributed by atoms with E-state index in [1.54, 1.807) is 18.2 Å². The molecule has 5 heteroatoms. The van der Waals surface area contributed by atoms with Gasteiger partial charge in [0.05, 0.1) is 25.2 Å². The van der Waals surface area contributed by atoms with Crippen molar-refractivity contribution in [1.82, 2.24) is 9.97 Å². The third-order valence-electron chi connectivity index (χ3n) is 4.57. The normalized spacial score (nSPS) is 13.2. The molecule has 0 radical (unpaired) electrons. The maximum absolute atomic E-state index is 13.1. The zero-order valence-electron chi connectivity index (χ0n) is 14.6. The summed E-state index contributed by atoms with van der Waals surface area (Å²) in [6.45, 7) is 0.695. The number of amides is 1. The Kier molecular flexibility index (Phi) is 4.35. The van der Waals surface area contributed by atoms with Crippen molar-refractivity contribution >= 4 is 11.6 Å². The third kappa shape index (κ3) is 3.04. The van der Waals surface area contributed by atoms with E-state index >= 15 is 0 Å². The minimum Gasteiger partial charge on any atom is -0.497 e. The number of anilines is 1. The number of methoxy groups -OCH3 is 1. The number of aromatic nitrogens is 2. The van der Waals surface area contributed by atoms with Crippen LogP contribution >= 0.6 is 0 Å². The molecule has 0 aliphatic carbocycles. The van der Waals surface area contributed by atoms with E-state index in [0.717, 1.165) is 29.8 Å². The highest BCUT2D eigenvalue weighted by atomic mass is 16.5. The van der Waals surface area contributed by atoms with Crippen molar-refractivity contribution in [2.24, 2.45) is 0 Å². The molecule has 5 nitrogen and oxygen atoms in total. The molecule has 26 heavy (non-hydrogen) atoms. The number of hydrogen-bond donors (Lipinski definition) is 0. The minimum atomic E-state index is -0.116. The topological polar surface area (TPSA) is 55.3 Å². The van der Waals surface area contributed by atoms with Gasteiger partial charge in [-0.15, -0.1) is 0 Å². The van der Waals surface area contributed by atoms with Crippen molar-refractivity contribution in [3.63, 3.8) is 0 Å². The first-order valence-corrected chi connectivity index (χ1v) is 8.62. The summed E-state index contributed by atoms with van der Waals surface area (Å²) in [5.41, 5.74) is 4.04. The van der Waals surface area contributed by atoms with Crippen molar-refractivity contribution in [2.75, 3.05) is 18.6 Å². The summed E-state index contributed by atoms with van der Waals surface area (Å²) in [5, 5.41) is 0. The Morgan fingerprint density at radius 2 is 2.00 bits per heavy atom. The van der Waals surface area contributed by atoms with E-state index < -0.39 is 0 Å². The van der Waals surface area contributed by atoms with E-state index in [0.29, 0.717) is 17.9 Å². The Morgan fingerprint density at radius 3 is 2.88 bits per heavy atom. The van der Waals surface area contributed by atoms with Crippen LogP contribution in [0.3, 0.4) is 0 Å². The van der Waals surface area contributed by atoms with Crippen molar-refractivity contribution in [2.45, 2.75) is 12.8 Å². The van der Waals surface area contributed by atoms with Crippen molar-refractivity contribution < 1.29 is 9.53 Å². The predicted octanol–water partition coefficient (Wildman–Crippen LogP) is 3.75. The van der Waals surface area contributed by atoms with E-state index in [4.69, 9.17) is 4.74 Å². The first-order valence-electron chi connectivity index (χ1n) is 8.62. The van der Waals surface area contributed by atoms with Gasteiger partial charge in [-0.25, -0.2) is 4.98 Å². The molecule has 0 saturated heterocycles. The van der Waals surface area contributed by atoms with E-state index in [2.05, 4.69) is 16.0 Å². The summed E-state index contributed by atoms with van der Waals surface area (Å²) < 4.78 is 5.26. The zero-order chi connectivity index (χ0) is 17.9. The predicted molar refractivity (Wildman–Crippen MR) is 100 cm³/mol. The number of carbonyl (C=O) groups excluding carboxylic acids is 1. The Balaban J connectivity index is 1.68. The monoisotopic (exact) mass is 345 g/mol. The summed E-state index contributed by atoms with van der Waals surface area (Å²) in [6.07, 6.45) is 5.14. The molecule has 2 heterocycles. The molecule has 4 rings (SSSR count). The molecule has 0 atom stereocenters. The summed E-state index contributed by atoms with van der Waals surface area (Å²) in [6, 6.07) is 15.6. The van der Waals surface area contributed by atoms with Gasteiger partial charge in [0.2, 0.25) is 0 Å². The molecule has 1 amide bonds. The van der Waals surface area contributed by atoms with Crippen LogP contribution in [-0.4, -0.2) is 29.5 Å². The van der Waals surface area contributed by atoms with Crippen LogP contribution < -0.4 is 9.64 Å². The van der Waals surface area contributed by atoms with Gasteiger partial charge in [-0.05, 0) is 36.6 Å².